The zero-order valence-electron chi connectivity index (χ0n) is 10.4. The molecule has 0 N–H and O–H groups in total. The Morgan fingerprint density at radius 1 is 1.12 bits per heavy atom. The summed E-state index contributed by atoms with van der Waals surface area (Å²) in [5, 5.41) is 9.06. The molecule has 0 atom stereocenters. The van der Waals surface area contributed by atoms with E-state index in [4.69, 9.17) is 14.7 Å². The van der Waals surface area contributed by atoms with E-state index in [9.17, 15) is 0 Å². The second kappa shape index (κ2) is 4.96. The van der Waals surface area contributed by atoms with Crippen LogP contribution in [0.5, 0.6) is 11.5 Å². The maximum atomic E-state index is 9.06. The maximum absolute atomic E-state index is 9.06. The van der Waals surface area contributed by atoms with E-state index in [-0.39, 0.29) is 0 Å². The molecule has 0 radical (unpaired) electrons. The minimum atomic E-state index is -2.37. The van der Waals surface area contributed by atoms with Crippen LogP contribution in [0, 0.1) is 11.3 Å². The second-order valence-corrected chi connectivity index (χ2v) is 18.9. The molecule has 0 aliphatic heterocycles. The van der Waals surface area contributed by atoms with E-state index in [0.717, 1.165) is 9.33 Å². The molecule has 0 bridgehead atoms. The Balaban J connectivity index is 3.58. The monoisotopic (exact) mass is 327 g/mol. The number of methoxy groups -OCH3 is 2. The van der Waals surface area contributed by atoms with Crippen LogP contribution in [0.3, 0.4) is 0 Å². The first-order valence-corrected chi connectivity index (χ1v) is 15.1. The second-order valence-electron chi connectivity index (χ2n) is 4.59. The van der Waals surface area contributed by atoms with Crippen LogP contribution in [0.15, 0.2) is 12.1 Å². The molecule has 3 nitrogen and oxygen atoms in total. The Labute approximate surface area is 101 Å². The van der Waals surface area contributed by atoms with Crippen LogP contribution < -0.4 is 13.1 Å². The third-order valence-corrected chi connectivity index (χ3v) is 8.05. The van der Waals surface area contributed by atoms with Crippen LogP contribution in [0.1, 0.15) is 5.56 Å². The van der Waals surface area contributed by atoms with Crippen LogP contribution in [-0.2, 0) is 0 Å². The minimum absolute atomic E-state index is 0.588. The van der Waals surface area contributed by atoms with E-state index >= 15 is 0 Å². The Hall–Kier alpha value is -0.891. The molecule has 1 aromatic carbocycles. The fourth-order valence-corrected chi connectivity index (χ4v) is 7.00. The van der Waals surface area contributed by atoms with Gasteiger partial charge in [0, 0.05) is 0 Å². The molecular weight excluding hydrogens is 309 g/mol. The average molecular weight is 326 g/mol. The van der Waals surface area contributed by atoms with Crippen molar-refractivity contribution in [1.82, 2.24) is 0 Å². The summed E-state index contributed by atoms with van der Waals surface area (Å²) in [5.74, 6) is 1.55. The molecule has 0 unspecified atom stereocenters. The fraction of sp³-hybridized carbons (Fsp3) is 0.417. The van der Waals surface area contributed by atoms with Gasteiger partial charge in [-0.05, 0) is 0 Å². The van der Waals surface area contributed by atoms with E-state index in [0.29, 0.717) is 11.3 Å². The number of nitriles is 1. The van der Waals surface area contributed by atoms with Crippen LogP contribution in [0.25, 0.3) is 0 Å². The Morgan fingerprint density at radius 3 is 2.12 bits per heavy atom. The van der Waals surface area contributed by atoms with Gasteiger partial charge < -0.3 is 0 Å². The van der Waals surface area contributed by atoms with Crippen LogP contribution in [-0.4, -0.2) is 32.6 Å². The summed E-state index contributed by atoms with van der Waals surface area (Å²) in [6.07, 6.45) is 0. The van der Waals surface area contributed by atoms with Crippen LogP contribution >= 0.6 is 0 Å². The zero-order valence-corrected chi connectivity index (χ0v) is 13.3. The van der Waals surface area contributed by atoms with Crippen LogP contribution in [0.2, 0.25) is 14.8 Å². The fourth-order valence-electron chi connectivity index (χ4n) is 1.74. The summed E-state index contributed by atoms with van der Waals surface area (Å²) >= 11 is -2.37. The Morgan fingerprint density at radius 2 is 1.75 bits per heavy atom. The number of hydrogen-bond acceptors (Lipinski definition) is 3. The van der Waals surface area contributed by atoms with Gasteiger partial charge in [0.15, 0.2) is 0 Å². The molecule has 0 fully saturated rings. The Bertz CT molecular complexity index is 430. The van der Waals surface area contributed by atoms with Crippen molar-refractivity contribution >= 4 is 22.0 Å². The molecule has 16 heavy (non-hydrogen) atoms. The first-order chi connectivity index (χ1) is 7.45. The van der Waals surface area contributed by atoms with E-state index < -0.39 is 18.4 Å². The molecular formula is C12H17NO2Sn. The number of nitrogens with zero attached hydrogens (tertiary/aromatic N) is 1. The summed E-state index contributed by atoms with van der Waals surface area (Å²) < 4.78 is 11.9. The van der Waals surface area contributed by atoms with Gasteiger partial charge in [0.1, 0.15) is 0 Å². The molecule has 0 aliphatic carbocycles. The number of benzene rings is 1. The van der Waals surface area contributed by atoms with Gasteiger partial charge >= 0.3 is 101 Å². The summed E-state index contributed by atoms with van der Waals surface area (Å²) in [4.78, 5) is 6.82. The first kappa shape index (κ1) is 13.2. The molecule has 0 saturated carbocycles. The molecule has 0 amide bonds. The predicted octanol–water partition coefficient (Wildman–Crippen LogP) is 2.12. The number of ether oxygens (including phenoxy) is 2. The first-order valence-electron chi connectivity index (χ1n) is 5.11. The molecule has 0 saturated heterocycles. The third-order valence-electron chi connectivity index (χ3n) is 2.41. The van der Waals surface area contributed by atoms with E-state index in [1.807, 2.05) is 6.07 Å². The van der Waals surface area contributed by atoms with Crippen molar-refractivity contribution in [2.24, 2.45) is 0 Å². The Kier molecular flexibility index (Phi) is 4.08. The van der Waals surface area contributed by atoms with Gasteiger partial charge in [-0.3, -0.25) is 0 Å². The van der Waals surface area contributed by atoms with Crippen molar-refractivity contribution in [3.05, 3.63) is 17.7 Å². The van der Waals surface area contributed by atoms with Gasteiger partial charge in [0.05, 0.1) is 0 Å². The molecule has 0 heterocycles. The quantitative estimate of drug-likeness (QED) is 0.799. The van der Waals surface area contributed by atoms with E-state index in [1.165, 1.54) is 0 Å². The van der Waals surface area contributed by atoms with Gasteiger partial charge in [0.25, 0.3) is 0 Å². The number of hydrogen-bond donors (Lipinski definition) is 0. The standard InChI is InChI=1S/C9H8NO2.3CH3.Sn/c1-11-8-4-3-7(6-10)9(5-8)12-2;;;;/h3-4H,1-2H3;3*1H3;. The van der Waals surface area contributed by atoms with Crippen molar-refractivity contribution in [1.29, 1.82) is 5.26 Å². The molecule has 1 rings (SSSR count). The van der Waals surface area contributed by atoms with E-state index in [1.54, 1.807) is 20.3 Å². The van der Waals surface area contributed by atoms with Crippen molar-refractivity contribution in [2.75, 3.05) is 14.2 Å². The average Bonchev–Trinajstić information content (AvgIpc) is 2.25. The summed E-state index contributed by atoms with van der Waals surface area (Å²) in [6, 6.07) is 5.77. The van der Waals surface area contributed by atoms with Crippen molar-refractivity contribution in [3.8, 4) is 17.6 Å². The summed E-state index contributed by atoms with van der Waals surface area (Å²) in [7, 11) is 3.26. The zero-order chi connectivity index (χ0) is 12.3. The van der Waals surface area contributed by atoms with Crippen molar-refractivity contribution < 1.29 is 9.47 Å². The van der Waals surface area contributed by atoms with Gasteiger partial charge in [-0.25, -0.2) is 0 Å². The molecule has 4 heteroatoms. The van der Waals surface area contributed by atoms with Gasteiger partial charge in [0.2, 0.25) is 0 Å². The summed E-state index contributed by atoms with van der Waals surface area (Å²) in [6.45, 7) is 0. The third kappa shape index (κ3) is 2.43. The summed E-state index contributed by atoms with van der Waals surface area (Å²) in [5.41, 5.74) is 0.588. The normalized spacial score (nSPS) is 10.8. The predicted molar refractivity (Wildman–Crippen MR) is 67.2 cm³/mol. The van der Waals surface area contributed by atoms with Crippen molar-refractivity contribution in [3.63, 3.8) is 0 Å². The molecule has 86 valence electrons. The van der Waals surface area contributed by atoms with Crippen molar-refractivity contribution in [2.45, 2.75) is 14.8 Å². The molecule has 0 aliphatic rings. The number of rotatable bonds is 3. The SMILES string of the molecule is COc1ccc(C#N)c(OC)[c]1[Sn]([CH3])([CH3])[CH3]. The molecule has 0 spiro atoms. The van der Waals surface area contributed by atoms with Crippen LogP contribution in [0.4, 0.5) is 0 Å². The van der Waals surface area contributed by atoms with Gasteiger partial charge in [-0.1, -0.05) is 0 Å². The molecule has 1 aromatic rings. The topological polar surface area (TPSA) is 42.2 Å². The van der Waals surface area contributed by atoms with E-state index in [2.05, 4.69) is 20.9 Å². The van der Waals surface area contributed by atoms with Gasteiger partial charge in [-0.15, -0.1) is 0 Å². The molecule has 0 aromatic heterocycles. The van der Waals surface area contributed by atoms with Gasteiger partial charge in [-0.2, -0.15) is 0 Å².